The fraction of sp³-hybridized carbons (Fsp3) is 0.600. The zero-order chi connectivity index (χ0) is 14.6. The number of aromatic amines is 1. The molecule has 4 rings (SSSR count). The molecule has 1 aliphatic carbocycles. The highest BCUT2D eigenvalue weighted by atomic mass is 32.1. The van der Waals surface area contributed by atoms with Crippen LogP contribution >= 0.6 is 11.3 Å². The molecule has 1 amide bonds. The van der Waals surface area contributed by atoms with Crippen molar-refractivity contribution in [2.24, 2.45) is 0 Å². The summed E-state index contributed by atoms with van der Waals surface area (Å²) in [5.41, 5.74) is 1.55. The van der Waals surface area contributed by atoms with Gasteiger partial charge in [0.1, 0.15) is 11.3 Å². The summed E-state index contributed by atoms with van der Waals surface area (Å²) >= 11 is 1.73. The second-order valence-electron chi connectivity index (χ2n) is 7.30. The Morgan fingerprint density at radius 2 is 2.24 bits per heavy atom. The molecule has 1 saturated carbocycles. The number of H-pyrrole nitrogens is 1. The van der Waals surface area contributed by atoms with E-state index in [0.717, 1.165) is 16.8 Å². The fourth-order valence-corrected chi connectivity index (χ4v) is 7.39. The molecule has 4 nitrogen and oxygen atoms in total. The van der Waals surface area contributed by atoms with Gasteiger partial charge in [0, 0.05) is 20.0 Å². The first-order chi connectivity index (χ1) is 10.00. The van der Waals surface area contributed by atoms with Gasteiger partial charge < -0.3 is 10.3 Å². The standard InChI is InChI=1S/C15H21N3OSSi/c1-21(2)6-5-10(8-21)16-14(19)11-7-12-13(17-11)18-15(20-12)9-3-4-9/h7,9-10,17H,3-6,8H2,1-2H3,(H,16,19). The Morgan fingerprint density at radius 3 is 2.86 bits per heavy atom. The van der Waals surface area contributed by atoms with Gasteiger partial charge in [0.25, 0.3) is 5.91 Å². The summed E-state index contributed by atoms with van der Waals surface area (Å²) in [5, 5.41) is 4.42. The van der Waals surface area contributed by atoms with Crippen molar-refractivity contribution in [3.63, 3.8) is 0 Å². The molecule has 1 aliphatic heterocycles. The molecule has 6 heteroatoms. The molecule has 3 heterocycles. The normalized spacial score (nSPS) is 24.6. The Hall–Kier alpha value is -1.14. The predicted octanol–water partition coefficient (Wildman–Crippen LogP) is 3.71. The van der Waals surface area contributed by atoms with Crippen LogP contribution in [-0.4, -0.2) is 30.0 Å². The van der Waals surface area contributed by atoms with E-state index in [1.807, 2.05) is 6.07 Å². The van der Waals surface area contributed by atoms with Gasteiger partial charge in [0.2, 0.25) is 0 Å². The zero-order valence-electron chi connectivity index (χ0n) is 12.5. The molecule has 1 unspecified atom stereocenters. The van der Waals surface area contributed by atoms with Crippen LogP contribution in [0.4, 0.5) is 0 Å². The average molecular weight is 320 g/mol. The van der Waals surface area contributed by atoms with Gasteiger partial charge in [0.05, 0.1) is 9.71 Å². The second-order valence-corrected chi connectivity index (χ2v) is 13.6. The minimum Gasteiger partial charge on any atom is -0.348 e. The molecular weight excluding hydrogens is 298 g/mol. The molecule has 0 radical (unpaired) electrons. The highest BCUT2D eigenvalue weighted by molar-refractivity contribution is 7.18. The molecule has 0 bridgehead atoms. The Bertz CT molecular complexity index is 669. The van der Waals surface area contributed by atoms with E-state index in [-0.39, 0.29) is 5.91 Å². The van der Waals surface area contributed by atoms with Gasteiger partial charge in [-0.25, -0.2) is 4.98 Å². The molecule has 2 fully saturated rings. The Labute approximate surface area is 129 Å². The van der Waals surface area contributed by atoms with E-state index >= 15 is 0 Å². The summed E-state index contributed by atoms with van der Waals surface area (Å²) in [6.07, 6.45) is 3.68. The van der Waals surface area contributed by atoms with E-state index in [1.54, 1.807) is 11.3 Å². The third kappa shape index (κ3) is 2.66. The lowest BCUT2D eigenvalue weighted by Crippen LogP contribution is -2.34. The number of thiazole rings is 1. The van der Waals surface area contributed by atoms with E-state index in [0.29, 0.717) is 17.7 Å². The number of amides is 1. The van der Waals surface area contributed by atoms with Crippen LogP contribution in [0.3, 0.4) is 0 Å². The first kappa shape index (κ1) is 13.5. The molecule has 112 valence electrons. The monoisotopic (exact) mass is 319 g/mol. The van der Waals surface area contributed by atoms with E-state index < -0.39 is 8.07 Å². The zero-order valence-corrected chi connectivity index (χ0v) is 14.3. The number of carbonyl (C=O) groups excluding carboxylic acids is 1. The number of rotatable bonds is 3. The van der Waals surface area contributed by atoms with Crippen LogP contribution in [0.1, 0.15) is 40.7 Å². The van der Waals surface area contributed by atoms with Crippen molar-refractivity contribution in [2.75, 3.05) is 0 Å². The van der Waals surface area contributed by atoms with Gasteiger partial charge in [-0.05, 0) is 31.4 Å². The first-order valence-electron chi connectivity index (χ1n) is 7.80. The smallest absolute Gasteiger partial charge is 0.268 e. The van der Waals surface area contributed by atoms with Crippen molar-refractivity contribution in [1.82, 2.24) is 15.3 Å². The summed E-state index contributed by atoms with van der Waals surface area (Å²) in [5.74, 6) is 0.712. The molecule has 0 aromatic carbocycles. The molecule has 2 N–H and O–H groups in total. The van der Waals surface area contributed by atoms with Crippen LogP contribution in [0, 0.1) is 0 Å². The molecular formula is C15H21N3OSSi. The molecule has 1 atom stereocenters. The van der Waals surface area contributed by atoms with Crippen molar-refractivity contribution >= 4 is 35.7 Å². The molecule has 2 aromatic rings. The number of carbonyl (C=O) groups is 1. The van der Waals surface area contributed by atoms with Gasteiger partial charge >= 0.3 is 0 Å². The minimum absolute atomic E-state index is 0.0323. The Kier molecular flexibility index (Phi) is 3.01. The van der Waals surface area contributed by atoms with E-state index in [9.17, 15) is 4.79 Å². The molecule has 2 aliphatic rings. The first-order valence-corrected chi connectivity index (χ1v) is 12.0. The largest absolute Gasteiger partial charge is 0.348 e. The summed E-state index contributed by atoms with van der Waals surface area (Å²) in [7, 11) is -1.04. The average Bonchev–Trinajstić information content (AvgIpc) is 2.93. The number of hydrogen-bond acceptors (Lipinski definition) is 3. The number of hydrogen-bond donors (Lipinski definition) is 2. The van der Waals surface area contributed by atoms with Gasteiger partial charge in [-0.2, -0.15) is 0 Å². The minimum atomic E-state index is -1.04. The van der Waals surface area contributed by atoms with Crippen molar-refractivity contribution < 1.29 is 4.79 Å². The maximum atomic E-state index is 12.4. The van der Waals surface area contributed by atoms with Gasteiger partial charge in [-0.1, -0.05) is 19.1 Å². The van der Waals surface area contributed by atoms with E-state index in [2.05, 4.69) is 28.4 Å². The van der Waals surface area contributed by atoms with Crippen molar-refractivity contribution in [1.29, 1.82) is 0 Å². The molecule has 2 aromatic heterocycles. The maximum absolute atomic E-state index is 12.4. The lowest BCUT2D eigenvalue weighted by atomic mass is 10.2. The van der Waals surface area contributed by atoms with Crippen LogP contribution < -0.4 is 5.32 Å². The third-order valence-corrected chi connectivity index (χ3v) is 9.08. The number of aromatic nitrogens is 2. The third-order valence-electron chi connectivity index (χ3n) is 4.67. The summed E-state index contributed by atoms with van der Waals surface area (Å²) in [4.78, 5) is 20.2. The molecule has 1 saturated heterocycles. The highest BCUT2D eigenvalue weighted by Gasteiger charge is 2.34. The van der Waals surface area contributed by atoms with Gasteiger partial charge in [-0.3, -0.25) is 4.79 Å². The van der Waals surface area contributed by atoms with Crippen LogP contribution in [0.25, 0.3) is 10.3 Å². The SMILES string of the molecule is C[Si]1(C)CCC(NC(=O)c2cc3sc(C4CC4)nc3[nH]2)C1. The topological polar surface area (TPSA) is 57.8 Å². The molecule has 0 spiro atoms. The van der Waals surface area contributed by atoms with E-state index in [1.165, 1.54) is 29.9 Å². The van der Waals surface area contributed by atoms with Crippen molar-refractivity contribution in [3.05, 3.63) is 16.8 Å². The Balaban J connectivity index is 1.47. The number of fused-ring (bicyclic) bond motifs is 1. The number of nitrogens with one attached hydrogen (secondary N) is 2. The van der Waals surface area contributed by atoms with Gasteiger partial charge in [0.15, 0.2) is 0 Å². The maximum Gasteiger partial charge on any atom is 0.268 e. The Morgan fingerprint density at radius 1 is 1.43 bits per heavy atom. The van der Waals surface area contributed by atoms with Gasteiger partial charge in [-0.15, -0.1) is 11.3 Å². The van der Waals surface area contributed by atoms with Crippen molar-refractivity contribution in [2.45, 2.75) is 56.4 Å². The predicted molar refractivity (Wildman–Crippen MR) is 88.9 cm³/mol. The highest BCUT2D eigenvalue weighted by Crippen LogP contribution is 2.43. The van der Waals surface area contributed by atoms with Crippen LogP contribution in [0.5, 0.6) is 0 Å². The quantitative estimate of drug-likeness (QED) is 0.847. The lowest BCUT2D eigenvalue weighted by molar-refractivity contribution is 0.0936. The summed E-state index contributed by atoms with van der Waals surface area (Å²) in [6.45, 7) is 4.82. The summed E-state index contributed by atoms with van der Waals surface area (Å²) < 4.78 is 1.11. The number of nitrogens with zero attached hydrogens (tertiary/aromatic N) is 1. The fourth-order valence-electron chi connectivity index (χ4n) is 3.28. The molecule has 21 heavy (non-hydrogen) atoms. The summed E-state index contributed by atoms with van der Waals surface area (Å²) in [6, 6.07) is 4.86. The second kappa shape index (κ2) is 4.68. The lowest BCUT2D eigenvalue weighted by Gasteiger charge is -2.15. The van der Waals surface area contributed by atoms with Crippen LogP contribution in [0.15, 0.2) is 6.07 Å². The van der Waals surface area contributed by atoms with Crippen LogP contribution in [-0.2, 0) is 0 Å². The van der Waals surface area contributed by atoms with Crippen LogP contribution in [0.2, 0.25) is 25.2 Å². The van der Waals surface area contributed by atoms with Crippen molar-refractivity contribution in [3.8, 4) is 0 Å². The van der Waals surface area contributed by atoms with E-state index in [4.69, 9.17) is 0 Å².